The minimum absolute atomic E-state index is 0.0625. The SMILES string of the molecule is CCC1=CC(C=O)([Si](C)(C)C(C)(C)C)COC1=O. The number of rotatable bonds is 3. The Balaban J connectivity index is 3.36. The van der Waals surface area contributed by atoms with Crippen molar-refractivity contribution in [2.24, 2.45) is 0 Å². The lowest BCUT2D eigenvalue weighted by Gasteiger charge is -2.49. The van der Waals surface area contributed by atoms with E-state index in [1.165, 1.54) is 0 Å². The molecule has 1 atom stereocenters. The zero-order chi connectivity index (χ0) is 14.2. The molecule has 0 fully saturated rings. The van der Waals surface area contributed by atoms with E-state index < -0.39 is 13.1 Å². The Hall–Kier alpha value is -0.903. The van der Waals surface area contributed by atoms with Crippen molar-refractivity contribution >= 4 is 20.3 Å². The number of hydrogen-bond acceptors (Lipinski definition) is 3. The minimum Gasteiger partial charge on any atom is -0.461 e. The van der Waals surface area contributed by atoms with Gasteiger partial charge in [0.2, 0.25) is 0 Å². The monoisotopic (exact) mass is 268 g/mol. The first-order chi connectivity index (χ1) is 8.11. The van der Waals surface area contributed by atoms with E-state index in [0.29, 0.717) is 12.0 Å². The summed E-state index contributed by atoms with van der Waals surface area (Å²) in [5.41, 5.74) is 0.637. The molecule has 0 saturated carbocycles. The summed E-state index contributed by atoms with van der Waals surface area (Å²) in [6.07, 6.45) is 3.51. The first kappa shape index (κ1) is 15.2. The van der Waals surface area contributed by atoms with E-state index in [1.807, 2.05) is 13.0 Å². The van der Waals surface area contributed by atoms with E-state index in [2.05, 4.69) is 33.9 Å². The standard InChI is InChI=1S/C14H24O3Si/c1-7-11-8-14(9-15,10-17-12(11)16)18(5,6)13(2,3)4/h8-9H,7,10H2,1-6H3. The number of esters is 1. The molecule has 0 N–H and O–H groups in total. The van der Waals surface area contributed by atoms with Crippen LogP contribution in [0, 0.1) is 0 Å². The van der Waals surface area contributed by atoms with Gasteiger partial charge in [0.1, 0.15) is 12.9 Å². The van der Waals surface area contributed by atoms with Crippen LogP contribution in [-0.2, 0) is 14.3 Å². The molecule has 0 amide bonds. The molecule has 4 heteroatoms. The van der Waals surface area contributed by atoms with Crippen molar-refractivity contribution in [3.05, 3.63) is 11.6 Å². The normalized spacial score (nSPS) is 25.4. The van der Waals surface area contributed by atoms with Gasteiger partial charge in [-0.25, -0.2) is 4.79 Å². The second-order valence-electron chi connectivity index (χ2n) is 6.63. The number of hydrogen-bond donors (Lipinski definition) is 0. The Bertz CT molecular complexity index is 390. The lowest BCUT2D eigenvalue weighted by Crippen LogP contribution is -2.53. The van der Waals surface area contributed by atoms with Crippen LogP contribution in [0.25, 0.3) is 0 Å². The Kier molecular flexibility index (Phi) is 3.91. The Morgan fingerprint density at radius 2 is 2.00 bits per heavy atom. The summed E-state index contributed by atoms with van der Waals surface area (Å²) in [7, 11) is -1.96. The van der Waals surface area contributed by atoms with E-state index in [9.17, 15) is 9.59 Å². The highest BCUT2D eigenvalue weighted by Crippen LogP contribution is 2.53. The summed E-state index contributed by atoms with van der Waals surface area (Å²) in [4.78, 5) is 23.4. The quantitative estimate of drug-likeness (QED) is 0.448. The molecule has 1 heterocycles. The molecule has 0 saturated heterocycles. The molecule has 18 heavy (non-hydrogen) atoms. The van der Waals surface area contributed by atoms with Gasteiger partial charge in [-0.1, -0.05) is 46.9 Å². The third-order valence-electron chi connectivity index (χ3n) is 4.77. The molecule has 1 rings (SSSR count). The largest absolute Gasteiger partial charge is 0.461 e. The summed E-state index contributed by atoms with van der Waals surface area (Å²) in [6, 6.07) is 0. The minimum atomic E-state index is -1.96. The van der Waals surface area contributed by atoms with Gasteiger partial charge in [0.15, 0.2) is 0 Å². The summed E-state index contributed by atoms with van der Waals surface area (Å²) in [5, 5.41) is -0.530. The van der Waals surface area contributed by atoms with Crippen molar-refractivity contribution in [2.45, 2.75) is 57.3 Å². The third-order valence-corrected chi connectivity index (χ3v) is 11.2. The smallest absolute Gasteiger partial charge is 0.333 e. The summed E-state index contributed by atoms with van der Waals surface area (Å²) in [5.74, 6) is -0.270. The average molecular weight is 268 g/mol. The molecule has 3 nitrogen and oxygen atoms in total. The van der Waals surface area contributed by atoms with Gasteiger partial charge in [0.25, 0.3) is 0 Å². The van der Waals surface area contributed by atoms with E-state index in [4.69, 9.17) is 4.74 Å². The van der Waals surface area contributed by atoms with Crippen LogP contribution in [0.2, 0.25) is 23.2 Å². The maximum absolute atomic E-state index is 11.7. The van der Waals surface area contributed by atoms with Crippen LogP contribution in [0.3, 0.4) is 0 Å². The Morgan fingerprint density at radius 3 is 2.39 bits per heavy atom. The van der Waals surface area contributed by atoms with Gasteiger partial charge in [-0.15, -0.1) is 0 Å². The number of cyclic esters (lactones) is 1. The fourth-order valence-electron chi connectivity index (χ4n) is 2.21. The van der Waals surface area contributed by atoms with Crippen LogP contribution >= 0.6 is 0 Å². The van der Waals surface area contributed by atoms with Gasteiger partial charge in [-0.3, -0.25) is 0 Å². The van der Waals surface area contributed by atoms with Crippen molar-refractivity contribution in [3.8, 4) is 0 Å². The molecular formula is C14H24O3Si. The first-order valence-electron chi connectivity index (χ1n) is 6.46. The van der Waals surface area contributed by atoms with E-state index in [-0.39, 0.29) is 17.6 Å². The molecule has 0 bridgehead atoms. The van der Waals surface area contributed by atoms with Crippen LogP contribution in [0.5, 0.6) is 0 Å². The van der Waals surface area contributed by atoms with Crippen LogP contribution in [0.4, 0.5) is 0 Å². The number of carbonyl (C=O) groups excluding carboxylic acids is 2. The number of aldehydes is 1. The van der Waals surface area contributed by atoms with Crippen molar-refractivity contribution in [3.63, 3.8) is 0 Å². The maximum atomic E-state index is 11.7. The van der Waals surface area contributed by atoms with Crippen molar-refractivity contribution < 1.29 is 14.3 Å². The second kappa shape index (κ2) is 4.65. The molecule has 0 aliphatic carbocycles. The molecule has 1 aliphatic rings. The van der Waals surface area contributed by atoms with Crippen molar-refractivity contribution in [1.29, 1.82) is 0 Å². The molecule has 0 aromatic heterocycles. The topological polar surface area (TPSA) is 43.4 Å². The Morgan fingerprint density at radius 1 is 1.44 bits per heavy atom. The fourth-order valence-corrected chi connectivity index (χ4v) is 4.87. The van der Waals surface area contributed by atoms with Gasteiger partial charge in [0, 0.05) is 5.57 Å². The fraction of sp³-hybridized carbons (Fsp3) is 0.714. The first-order valence-corrected chi connectivity index (χ1v) is 9.46. The highest BCUT2D eigenvalue weighted by atomic mass is 28.3. The second-order valence-corrected chi connectivity index (χ2v) is 12.3. The molecule has 0 spiro atoms. The van der Waals surface area contributed by atoms with Gasteiger partial charge in [0.05, 0.1) is 13.1 Å². The van der Waals surface area contributed by atoms with Crippen LogP contribution in [0.1, 0.15) is 34.1 Å². The molecule has 0 aromatic carbocycles. The summed E-state index contributed by atoms with van der Waals surface area (Å²) >= 11 is 0. The lowest BCUT2D eigenvalue weighted by atomic mass is 10.0. The molecule has 0 radical (unpaired) electrons. The van der Waals surface area contributed by atoms with Crippen LogP contribution in [-0.4, -0.2) is 26.9 Å². The molecule has 0 aromatic rings. The highest BCUT2D eigenvalue weighted by molar-refractivity contribution is 6.86. The van der Waals surface area contributed by atoms with Gasteiger partial charge < -0.3 is 9.53 Å². The average Bonchev–Trinajstić information content (AvgIpc) is 2.28. The van der Waals surface area contributed by atoms with Crippen molar-refractivity contribution in [2.75, 3.05) is 6.61 Å². The number of ether oxygens (including phenoxy) is 1. The summed E-state index contributed by atoms with van der Waals surface area (Å²) < 4.78 is 5.27. The van der Waals surface area contributed by atoms with E-state index >= 15 is 0 Å². The third kappa shape index (κ3) is 2.18. The van der Waals surface area contributed by atoms with Crippen LogP contribution < -0.4 is 0 Å². The predicted octanol–water partition coefficient (Wildman–Crippen LogP) is 3.33. The predicted molar refractivity (Wildman–Crippen MR) is 75.3 cm³/mol. The number of carbonyl (C=O) groups is 2. The lowest BCUT2D eigenvalue weighted by molar-refractivity contribution is -0.141. The van der Waals surface area contributed by atoms with Gasteiger partial charge in [-0.05, 0) is 11.5 Å². The van der Waals surface area contributed by atoms with Gasteiger partial charge >= 0.3 is 5.97 Å². The van der Waals surface area contributed by atoms with E-state index in [1.54, 1.807) is 0 Å². The summed E-state index contributed by atoms with van der Waals surface area (Å²) in [6.45, 7) is 13.0. The zero-order valence-electron chi connectivity index (χ0n) is 12.3. The molecular weight excluding hydrogens is 244 g/mol. The maximum Gasteiger partial charge on any atom is 0.333 e. The van der Waals surface area contributed by atoms with Crippen LogP contribution in [0.15, 0.2) is 11.6 Å². The van der Waals surface area contributed by atoms with Gasteiger partial charge in [-0.2, -0.15) is 0 Å². The molecule has 1 unspecified atom stereocenters. The highest BCUT2D eigenvalue weighted by Gasteiger charge is 2.54. The Labute approximate surface area is 111 Å². The van der Waals surface area contributed by atoms with Crippen molar-refractivity contribution in [1.82, 2.24) is 0 Å². The van der Waals surface area contributed by atoms with E-state index in [0.717, 1.165) is 6.29 Å². The molecule has 102 valence electrons. The molecule has 1 aliphatic heterocycles. The zero-order valence-corrected chi connectivity index (χ0v) is 13.3.